The second-order valence-electron chi connectivity index (χ2n) is 7.66. The van der Waals surface area contributed by atoms with E-state index in [0.29, 0.717) is 23.6 Å². The third kappa shape index (κ3) is 6.38. The molecule has 4 aromatic rings. The van der Waals surface area contributed by atoms with E-state index in [4.69, 9.17) is 4.74 Å². The largest absolute Gasteiger partial charge is 0.481 e. The number of aliphatic carboxylic acids is 1. The molecule has 2 aromatic carbocycles. The number of carboxylic acids is 2. The number of benzene rings is 2. The van der Waals surface area contributed by atoms with Crippen LogP contribution in [0, 0.1) is 0 Å². The highest BCUT2D eigenvalue weighted by molar-refractivity contribution is 5.87. The van der Waals surface area contributed by atoms with Gasteiger partial charge in [-0.05, 0) is 53.6 Å². The van der Waals surface area contributed by atoms with Gasteiger partial charge in [0, 0.05) is 24.9 Å². The molecule has 9 nitrogen and oxygen atoms in total. The summed E-state index contributed by atoms with van der Waals surface area (Å²) < 4.78 is 5.79. The Bertz CT molecular complexity index is 1310. The number of ether oxygens (including phenoxy) is 1. The van der Waals surface area contributed by atoms with Crippen LogP contribution < -0.4 is 10.1 Å². The first-order valence-corrected chi connectivity index (χ1v) is 10.8. The topological polar surface area (TPSA) is 135 Å². The van der Waals surface area contributed by atoms with Crippen LogP contribution in [0.25, 0.3) is 0 Å². The molecule has 0 amide bonds. The summed E-state index contributed by atoms with van der Waals surface area (Å²) in [6.45, 7) is 0.593. The van der Waals surface area contributed by atoms with Gasteiger partial charge >= 0.3 is 17.9 Å². The number of rotatable bonds is 10. The Morgan fingerprint density at radius 2 is 1.74 bits per heavy atom. The van der Waals surface area contributed by atoms with Gasteiger partial charge in [0.1, 0.15) is 11.6 Å². The fourth-order valence-corrected chi connectivity index (χ4v) is 3.49. The van der Waals surface area contributed by atoms with Crippen LogP contribution in [-0.2, 0) is 11.3 Å². The number of anilines is 1. The molecular formula is C26H22N4O5. The number of carboxylic acid groups (broad SMARTS) is 2. The lowest BCUT2D eigenvalue weighted by molar-refractivity contribution is -0.137. The molecule has 0 aliphatic carbocycles. The summed E-state index contributed by atoms with van der Waals surface area (Å²) in [5, 5.41) is 22.0. The van der Waals surface area contributed by atoms with Gasteiger partial charge in [-0.25, -0.2) is 14.8 Å². The van der Waals surface area contributed by atoms with Gasteiger partial charge in [-0.1, -0.05) is 30.3 Å². The number of nitrogens with zero attached hydrogens (tertiary/aromatic N) is 3. The summed E-state index contributed by atoms with van der Waals surface area (Å²) in [4.78, 5) is 35.7. The Kier molecular flexibility index (Phi) is 7.27. The molecule has 0 spiro atoms. The highest BCUT2D eigenvalue weighted by atomic mass is 16.5. The molecule has 0 fully saturated rings. The Labute approximate surface area is 201 Å². The Morgan fingerprint density at radius 3 is 2.46 bits per heavy atom. The van der Waals surface area contributed by atoms with Crippen molar-refractivity contribution in [3.05, 3.63) is 108 Å². The normalized spacial score (nSPS) is 11.4. The first kappa shape index (κ1) is 23.4. The molecule has 4 rings (SSSR count). The molecular weight excluding hydrogens is 448 g/mol. The van der Waals surface area contributed by atoms with Crippen LogP contribution in [-0.4, -0.2) is 37.1 Å². The highest BCUT2D eigenvalue weighted by Gasteiger charge is 2.21. The molecule has 0 radical (unpaired) electrons. The minimum Gasteiger partial charge on any atom is -0.481 e. The third-order valence-corrected chi connectivity index (χ3v) is 5.20. The van der Waals surface area contributed by atoms with E-state index in [1.165, 1.54) is 18.3 Å². The maximum absolute atomic E-state index is 11.5. The van der Waals surface area contributed by atoms with Crippen LogP contribution in [0.15, 0.2) is 85.2 Å². The number of aromatic carboxylic acids is 1. The zero-order valence-corrected chi connectivity index (χ0v) is 18.5. The monoisotopic (exact) mass is 470 g/mol. The van der Waals surface area contributed by atoms with E-state index in [9.17, 15) is 19.8 Å². The zero-order chi connectivity index (χ0) is 24.6. The maximum Gasteiger partial charge on any atom is 0.335 e. The second kappa shape index (κ2) is 10.9. The summed E-state index contributed by atoms with van der Waals surface area (Å²) in [7, 11) is 0. The molecule has 0 saturated carbocycles. The van der Waals surface area contributed by atoms with Crippen molar-refractivity contribution in [2.24, 2.45) is 0 Å². The van der Waals surface area contributed by atoms with Crippen molar-refractivity contribution in [3.8, 4) is 11.8 Å². The molecule has 176 valence electrons. The summed E-state index contributed by atoms with van der Waals surface area (Å²) in [6, 6.07) is 20.9. The molecule has 1 unspecified atom stereocenters. The van der Waals surface area contributed by atoms with E-state index in [1.54, 1.807) is 36.5 Å². The Hall–Kier alpha value is -4.79. The Morgan fingerprint density at radius 1 is 0.914 bits per heavy atom. The lowest BCUT2D eigenvalue weighted by Crippen LogP contribution is -2.11. The number of pyridine rings is 1. The van der Waals surface area contributed by atoms with Crippen molar-refractivity contribution >= 4 is 17.8 Å². The fourth-order valence-electron chi connectivity index (χ4n) is 3.49. The van der Waals surface area contributed by atoms with Gasteiger partial charge in [0.05, 0.1) is 17.7 Å². The molecule has 35 heavy (non-hydrogen) atoms. The molecule has 1 atom stereocenters. The first-order chi connectivity index (χ1) is 17.0. The van der Waals surface area contributed by atoms with Crippen LogP contribution >= 0.6 is 0 Å². The number of carbonyl (C=O) groups is 2. The highest BCUT2D eigenvalue weighted by Crippen LogP contribution is 2.29. The summed E-state index contributed by atoms with van der Waals surface area (Å²) in [5.41, 5.74) is 2.04. The smallest absolute Gasteiger partial charge is 0.335 e. The average molecular weight is 470 g/mol. The lowest BCUT2D eigenvalue weighted by Gasteiger charge is -2.16. The molecule has 0 bridgehead atoms. The fraction of sp³-hybridized carbons (Fsp3) is 0.115. The van der Waals surface area contributed by atoms with Crippen molar-refractivity contribution in [1.29, 1.82) is 0 Å². The van der Waals surface area contributed by atoms with Crippen molar-refractivity contribution in [1.82, 2.24) is 15.0 Å². The SMILES string of the molecule is O=C(O)CC(c1cccc(C(=O)O)c1)c1ccnc(Oc2ccc(CNc3ccccn3)cc2)n1. The predicted octanol–water partition coefficient (Wildman–Crippen LogP) is 4.58. The summed E-state index contributed by atoms with van der Waals surface area (Å²) in [6.07, 6.45) is 2.94. The van der Waals surface area contributed by atoms with Gasteiger partial charge in [0.25, 0.3) is 0 Å². The van der Waals surface area contributed by atoms with Crippen LogP contribution in [0.4, 0.5) is 5.82 Å². The van der Waals surface area contributed by atoms with E-state index < -0.39 is 17.9 Å². The molecule has 3 N–H and O–H groups in total. The van der Waals surface area contributed by atoms with E-state index in [0.717, 1.165) is 11.4 Å². The van der Waals surface area contributed by atoms with Crippen LogP contribution in [0.1, 0.15) is 39.5 Å². The van der Waals surface area contributed by atoms with Crippen molar-refractivity contribution in [3.63, 3.8) is 0 Å². The first-order valence-electron chi connectivity index (χ1n) is 10.8. The minimum atomic E-state index is -1.09. The molecule has 2 heterocycles. The standard InChI is InChI=1S/C26H22N4O5/c31-24(32)15-21(18-4-3-5-19(14-18)25(33)34)22-11-13-28-26(30-22)35-20-9-7-17(8-10-20)16-29-23-6-1-2-12-27-23/h1-14,21H,15-16H2,(H,27,29)(H,31,32)(H,33,34). The van der Waals surface area contributed by atoms with E-state index in [2.05, 4.69) is 20.3 Å². The van der Waals surface area contributed by atoms with Crippen LogP contribution in [0.2, 0.25) is 0 Å². The van der Waals surface area contributed by atoms with Crippen LogP contribution in [0.5, 0.6) is 11.8 Å². The number of nitrogens with one attached hydrogen (secondary N) is 1. The lowest BCUT2D eigenvalue weighted by atomic mass is 9.91. The van der Waals surface area contributed by atoms with Gasteiger partial charge in [0.15, 0.2) is 0 Å². The van der Waals surface area contributed by atoms with E-state index in [1.807, 2.05) is 30.3 Å². The van der Waals surface area contributed by atoms with Gasteiger partial charge in [0.2, 0.25) is 0 Å². The number of aromatic nitrogens is 3. The number of hydrogen-bond acceptors (Lipinski definition) is 7. The third-order valence-electron chi connectivity index (χ3n) is 5.20. The van der Waals surface area contributed by atoms with Crippen molar-refractivity contribution in [2.45, 2.75) is 18.9 Å². The maximum atomic E-state index is 11.5. The van der Waals surface area contributed by atoms with Crippen molar-refractivity contribution < 1.29 is 24.5 Å². The van der Waals surface area contributed by atoms with E-state index in [-0.39, 0.29) is 18.0 Å². The van der Waals surface area contributed by atoms with Gasteiger partial charge in [-0.15, -0.1) is 0 Å². The zero-order valence-electron chi connectivity index (χ0n) is 18.5. The molecule has 9 heteroatoms. The average Bonchev–Trinajstić information content (AvgIpc) is 2.87. The Balaban J connectivity index is 1.49. The van der Waals surface area contributed by atoms with Gasteiger partial charge < -0.3 is 20.3 Å². The van der Waals surface area contributed by atoms with E-state index >= 15 is 0 Å². The predicted molar refractivity (Wildman–Crippen MR) is 128 cm³/mol. The quantitative estimate of drug-likeness (QED) is 0.304. The van der Waals surface area contributed by atoms with Crippen molar-refractivity contribution in [2.75, 3.05) is 5.32 Å². The summed E-state index contributed by atoms with van der Waals surface area (Å²) in [5.74, 6) is -1.50. The molecule has 0 aliphatic rings. The van der Waals surface area contributed by atoms with Gasteiger partial charge in [-0.2, -0.15) is 4.98 Å². The molecule has 2 aromatic heterocycles. The number of hydrogen-bond donors (Lipinski definition) is 3. The second-order valence-corrected chi connectivity index (χ2v) is 7.66. The minimum absolute atomic E-state index is 0.0617. The molecule has 0 aliphatic heterocycles. The molecule has 0 saturated heterocycles. The van der Waals surface area contributed by atoms with Crippen LogP contribution in [0.3, 0.4) is 0 Å². The van der Waals surface area contributed by atoms with Gasteiger partial charge in [-0.3, -0.25) is 4.79 Å². The summed E-state index contributed by atoms with van der Waals surface area (Å²) >= 11 is 0.